The first kappa shape index (κ1) is 19.7. The van der Waals surface area contributed by atoms with E-state index >= 15 is 0 Å². The van der Waals surface area contributed by atoms with E-state index in [1.165, 1.54) is 0 Å². The molecule has 6 nitrogen and oxygen atoms in total. The third-order valence-electron chi connectivity index (χ3n) is 4.52. The van der Waals surface area contributed by atoms with Gasteiger partial charge in [-0.2, -0.15) is 4.98 Å². The van der Waals surface area contributed by atoms with Crippen LogP contribution < -0.4 is 16.6 Å². The molecule has 0 spiro atoms. The summed E-state index contributed by atoms with van der Waals surface area (Å²) in [6, 6.07) is 17.1. The fourth-order valence-corrected chi connectivity index (χ4v) is 3.94. The zero-order chi connectivity index (χ0) is 20.4. The van der Waals surface area contributed by atoms with Crippen molar-refractivity contribution in [3.63, 3.8) is 0 Å². The van der Waals surface area contributed by atoms with E-state index in [9.17, 15) is 4.79 Å². The summed E-state index contributed by atoms with van der Waals surface area (Å²) in [6.07, 6.45) is 2.27. The van der Waals surface area contributed by atoms with Crippen LogP contribution in [-0.4, -0.2) is 21.1 Å². The summed E-state index contributed by atoms with van der Waals surface area (Å²) in [4.78, 5) is 21.5. The minimum Gasteiger partial charge on any atom is -0.369 e. The highest BCUT2D eigenvalue weighted by molar-refractivity contribution is 14.1. The summed E-state index contributed by atoms with van der Waals surface area (Å²) in [5.74, 6) is 0.894. The highest BCUT2D eigenvalue weighted by Gasteiger charge is 2.13. The van der Waals surface area contributed by atoms with Gasteiger partial charge >= 0.3 is 0 Å². The van der Waals surface area contributed by atoms with Crippen LogP contribution in [0, 0.1) is 3.57 Å². The first-order chi connectivity index (χ1) is 14.0. The molecule has 2 heterocycles. The number of nitrogens with zero attached hydrogens (tertiary/aromatic N) is 3. The van der Waals surface area contributed by atoms with E-state index < -0.39 is 0 Å². The molecule has 146 valence electrons. The van der Waals surface area contributed by atoms with Crippen molar-refractivity contribution in [1.82, 2.24) is 14.5 Å². The van der Waals surface area contributed by atoms with Crippen molar-refractivity contribution in [3.8, 4) is 5.69 Å². The average molecular weight is 518 g/mol. The molecule has 0 aliphatic rings. The number of nitrogen functional groups attached to an aromatic ring is 1. The Kier molecular flexibility index (Phi) is 5.68. The van der Waals surface area contributed by atoms with Crippen LogP contribution in [0.5, 0.6) is 0 Å². The molecule has 4 rings (SSSR count). The number of anilines is 2. The van der Waals surface area contributed by atoms with Crippen LogP contribution in [0.2, 0.25) is 5.02 Å². The first-order valence-electron chi connectivity index (χ1n) is 8.95. The molecule has 2 aromatic carbocycles. The van der Waals surface area contributed by atoms with Gasteiger partial charge < -0.3 is 11.1 Å². The van der Waals surface area contributed by atoms with Gasteiger partial charge in [-0.1, -0.05) is 41.9 Å². The van der Waals surface area contributed by atoms with Gasteiger partial charge in [-0.3, -0.25) is 9.36 Å². The standard InChI is InChI=1S/C21H17ClIN5O/c22-16-8-4-5-13-11-15(9-10-25-19-17(23)12-26-21(24)27-19)28(20(29)18(13)16)14-6-2-1-3-7-14/h1-8,11-12H,9-10H2,(H3,24,25,26,27). The number of hydrogen-bond donors (Lipinski definition) is 2. The third-order valence-corrected chi connectivity index (χ3v) is 5.63. The Morgan fingerprint density at radius 2 is 1.93 bits per heavy atom. The van der Waals surface area contributed by atoms with Crippen molar-refractivity contribution in [3.05, 3.63) is 85.4 Å². The smallest absolute Gasteiger partial charge is 0.264 e. The fraction of sp³-hybridized carbons (Fsp3) is 0.0952. The topological polar surface area (TPSA) is 85.8 Å². The van der Waals surface area contributed by atoms with Gasteiger partial charge in [-0.05, 0) is 52.2 Å². The molecule has 8 heteroatoms. The Morgan fingerprint density at radius 3 is 2.72 bits per heavy atom. The average Bonchev–Trinajstić information content (AvgIpc) is 2.71. The SMILES string of the molecule is Nc1ncc(I)c(NCCc2cc3cccc(Cl)c3c(=O)n2-c2ccccc2)n1. The Morgan fingerprint density at radius 1 is 1.14 bits per heavy atom. The Hall–Kier alpha value is -2.65. The first-order valence-corrected chi connectivity index (χ1v) is 10.4. The molecule has 0 bridgehead atoms. The molecule has 0 aliphatic carbocycles. The van der Waals surface area contributed by atoms with Gasteiger partial charge in [-0.15, -0.1) is 0 Å². The molecule has 0 saturated carbocycles. The normalized spacial score (nSPS) is 11.0. The van der Waals surface area contributed by atoms with Crippen LogP contribution in [0.4, 0.5) is 11.8 Å². The van der Waals surface area contributed by atoms with E-state index in [0.717, 1.165) is 20.3 Å². The van der Waals surface area contributed by atoms with Gasteiger partial charge in [0.15, 0.2) is 0 Å². The maximum absolute atomic E-state index is 13.3. The van der Waals surface area contributed by atoms with Crippen LogP contribution >= 0.6 is 34.2 Å². The monoisotopic (exact) mass is 517 g/mol. The summed E-state index contributed by atoms with van der Waals surface area (Å²) in [7, 11) is 0. The maximum Gasteiger partial charge on any atom is 0.264 e. The molecule has 0 atom stereocenters. The largest absolute Gasteiger partial charge is 0.369 e. The van der Waals surface area contributed by atoms with Crippen molar-refractivity contribution >= 4 is 56.7 Å². The number of benzene rings is 2. The van der Waals surface area contributed by atoms with E-state index in [1.807, 2.05) is 48.5 Å². The lowest BCUT2D eigenvalue weighted by Gasteiger charge is -2.16. The van der Waals surface area contributed by atoms with Gasteiger partial charge in [0.2, 0.25) is 5.95 Å². The van der Waals surface area contributed by atoms with Gasteiger partial charge in [0.1, 0.15) is 5.82 Å². The van der Waals surface area contributed by atoms with E-state index in [-0.39, 0.29) is 11.5 Å². The van der Waals surface area contributed by atoms with E-state index in [0.29, 0.717) is 29.2 Å². The zero-order valence-corrected chi connectivity index (χ0v) is 18.2. The van der Waals surface area contributed by atoms with Crippen LogP contribution in [0.25, 0.3) is 16.5 Å². The van der Waals surface area contributed by atoms with E-state index in [2.05, 4.69) is 37.9 Å². The highest BCUT2D eigenvalue weighted by Crippen LogP contribution is 2.23. The molecular weight excluding hydrogens is 501 g/mol. The number of fused-ring (bicyclic) bond motifs is 1. The summed E-state index contributed by atoms with van der Waals surface area (Å²) >= 11 is 8.49. The van der Waals surface area contributed by atoms with Gasteiger partial charge in [0.05, 0.1) is 14.0 Å². The lowest BCUT2D eigenvalue weighted by Crippen LogP contribution is -2.24. The summed E-state index contributed by atoms with van der Waals surface area (Å²) < 4.78 is 2.59. The number of rotatable bonds is 5. The van der Waals surface area contributed by atoms with E-state index in [4.69, 9.17) is 17.3 Å². The second-order valence-electron chi connectivity index (χ2n) is 6.42. The fourth-order valence-electron chi connectivity index (χ4n) is 3.23. The third kappa shape index (κ3) is 4.06. The Bertz CT molecular complexity index is 1240. The van der Waals surface area contributed by atoms with Gasteiger partial charge in [-0.25, -0.2) is 4.98 Å². The molecule has 0 amide bonds. The summed E-state index contributed by atoms with van der Waals surface area (Å²) in [5.41, 5.74) is 7.23. The van der Waals surface area contributed by atoms with Crippen LogP contribution in [-0.2, 0) is 6.42 Å². The minimum atomic E-state index is -0.129. The predicted molar refractivity (Wildman–Crippen MR) is 126 cm³/mol. The van der Waals surface area contributed by atoms with Crippen LogP contribution in [0.1, 0.15) is 5.69 Å². The van der Waals surface area contributed by atoms with Crippen molar-refractivity contribution in [2.75, 3.05) is 17.6 Å². The number of nitrogens with two attached hydrogens (primary N) is 1. The number of halogens is 2. The Balaban J connectivity index is 1.75. The van der Waals surface area contributed by atoms with Gasteiger partial charge in [0.25, 0.3) is 5.56 Å². The lowest BCUT2D eigenvalue weighted by molar-refractivity contribution is 0.858. The highest BCUT2D eigenvalue weighted by atomic mass is 127. The molecule has 2 aromatic heterocycles. The Labute approximate surface area is 185 Å². The maximum atomic E-state index is 13.3. The molecule has 0 unspecified atom stereocenters. The molecule has 0 saturated heterocycles. The second kappa shape index (κ2) is 8.38. The molecule has 0 radical (unpaired) electrons. The molecule has 0 fully saturated rings. The van der Waals surface area contributed by atoms with Crippen LogP contribution in [0.15, 0.2) is 65.6 Å². The summed E-state index contributed by atoms with van der Waals surface area (Å²) in [6.45, 7) is 0.574. The number of nitrogens with one attached hydrogen (secondary N) is 1. The van der Waals surface area contributed by atoms with Crippen molar-refractivity contribution in [2.24, 2.45) is 0 Å². The van der Waals surface area contributed by atoms with Crippen molar-refractivity contribution in [2.45, 2.75) is 6.42 Å². The number of pyridine rings is 1. The molecule has 4 aromatic rings. The zero-order valence-electron chi connectivity index (χ0n) is 15.3. The van der Waals surface area contributed by atoms with E-state index in [1.54, 1.807) is 16.8 Å². The quantitative estimate of drug-likeness (QED) is 0.386. The number of aromatic nitrogens is 3. The van der Waals surface area contributed by atoms with Gasteiger partial charge in [0, 0.05) is 30.5 Å². The number of hydrogen-bond acceptors (Lipinski definition) is 5. The number of para-hydroxylation sites is 1. The minimum absolute atomic E-state index is 0.129. The molecule has 29 heavy (non-hydrogen) atoms. The predicted octanol–water partition coefficient (Wildman–Crippen LogP) is 4.28. The molecule has 0 aliphatic heterocycles. The lowest BCUT2D eigenvalue weighted by atomic mass is 10.1. The molecular formula is C21H17ClIN5O. The second-order valence-corrected chi connectivity index (χ2v) is 7.99. The van der Waals surface area contributed by atoms with Crippen LogP contribution in [0.3, 0.4) is 0 Å². The van der Waals surface area contributed by atoms with Crippen molar-refractivity contribution < 1.29 is 0 Å². The molecule has 3 N–H and O–H groups in total. The summed E-state index contributed by atoms with van der Waals surface area (Å²) in [5, 5.41) is 5.08. The van der Waals surface area contributed by atoms with Crippen molar-refractivity contribution in [1.29, 1.82) is 0 Å².